The summed E-state index contributed by atoms with van der Waals surface area (Å²) in [5.41, 5.74) is 2.41. The summed E-state index contributed by atoms with van der Waals surface area (Å²) in [6.07, 6.45) is 2.16. The maximum Gasteiger partial charge on any atom is 0.282 e. The summed E-state index contributed by atoms with van der Waals surface area (Å²) in [5, 5.41) is 2.17. The van der Waals surface area contributed by atoms with Crippen LogP contribution in [0.1, 0.15) is 32.8 Å². The van der Waals surface area contributed by atoms with Crippen LogP contribution in [0.25, 0.3) is 0 Å². The first-order chi connectivity index (χ1) is 10.7. The highest BCUT2D eigenvalue weighted by Gasteiger charge is 2.30. The summed E-state index contributed by atoms with van der Waals surface area (Å²) in [5.74, 6) is 0.243. The van der Waals surface area contributed by atoms with Crippen LogP contribution in [0.3, 0.4) is 0 Å². The van der Waals surface area contributed by atoms with Crippen molar-refractivity contribution >= 4 is 11.6 Å². The zero-order valence-corrected chi connectivity index (χ0v) is 14.3. The quantitative estimate of drug-likeness (QED) is 0.644. The third-order valence-corrected chi connectivity index (χ3v) is 4.73. The van der Waals surface area contributed by atoms with Gasteiger partial charge in [0, 0.05) is 18.2 Å². The topological polar surface area (TPSA) is 41.4 Å². The van der Waals surface area contributed by atoms with Crippen LogP contribution in [-0.4, -0.2) is 44.7 Å². The van der Waals surface area contributed by atoms with Crippen molar-refractivity contribution in [3.05, 3.63) is 29.8 Å². The predicted octanol–water partition coefficient (Wildman–Crippen LogP) is -0.158. The molecule has 22 heavy (non-hydrogen) atoms. The molecule has 0 saturated heterocycles. The number of hydrogen-bond donors (Lipinski definition) is 2. The Morgan fingerprint density at radius 3 is 2.77 bits per heavy atom. The van der Waals surface area contributed by atoms with E-state index in [0.29, 0.717) is 12.6 Å². The molecule has 1 amide bonds. The number of anilines is 1. The van der Waals surface area contributed by atoms with Gasteiger partial charge in [-0.2, -0.15) is 0 Å². The molecular formula is C18H31N3O+2. The van der Waals surface area contributed by atoms with Crippen LogP contribution in [0.4, 0.5) is 5.69 Å². The van der Waals surface area contributed by atoms with E-state index in [-0.39, 0.29) is 5.91 Å². The molecule has 1 heterocycles. The van der Waals surface area contributed by atoms with E-state index >= 15 is 0 Å². The number of amides is 1. The van der Waals surface area contributed by atoms with Gasteiger partial charge in [0.15, 0.2) is 6.54 Å². The lowest BCUT2D eigenvalue weighted by atomic mass is 10.1. The molecule has 0 fully saturated rings. The molecule has 0 radical (unpaired) electrons. The number of quaternary nitrogens is 2. The van der Waals surface area contributed by atoms with Crippen LogP contribution in [-0.2, 0) is 11.2 Å². The Bertz CT molecular complexity index is 485. The van der Waals surface area contributed by atoms with Gasteiger partial charge < -0.3 is 15.1 Å². The molecule has 1 atom stereocenters. The van der Waals surface area contributed by atoms with Crippen LogP contribution in [0.2, 0.25) is 0 Å². The van der Waals surface area contributed by atoms with Crippen molar-refractivity contribution in [3.63, 3.8) is 0 Å². The molecule has 122 valence electrons. The van der Waals surface area contributed by atoms with Crippen LogP contribution in [0.5, 0.6) is 0 Å². The van der Waals surface area contributed by atoms with Crippen LogP contribution in [0.15, 0.2) is 24.3 Å². The van der Waals surface area contributed by atoms with Crippen molar-refractivity contribution in [2.75, 3.05) is 37.6 Å². The Morgan fingerprint density at radius 2 is 2.05 bits per heavy atom. The third-order valence-electron chi connectivity index (χ3n) is 4.73. The number of nitrogens with zero attached hydrogens (tertiary/aromatic N) is 1. The molecule has 0 aromatic heterocycles. The molecule has 1 aliphatic rings. The van der Waals surface area contributed by atoms with Crippen LogP contribution < -0.4 is 15.1 Å². The summed E-state index contributed by atoms with van der Waals surface area (Å²) in [4.78, 5) is 16.1. The zero-order valence-electron chi connectivity index (χ0n) is 14.3. The number of nitrogens with one attached hydrogen (secondary N) is 1. The van der Waals surface area contributed by atoms with Gasteiger partial charge in [0.1, 0.15) is 0 Å². The van der Waals surface area contributed by atoms with Crippen molar-refractivity contribution < 1.29 is 15.0 Å². The summed E-state index contributed by atoms with van der Waals surface area (Å²) in [7, 11) is 0. The average molecular weight is 305 g/mol. The molecule has 0 spiro atoms. The van der Waals surface area contributed by atoms with E-state index in [4.69, 9.17) is 0 Å². The van der Waals surface area contributed by atoms with Gasteiger partial charge in [-0.15, -0.1) is 0 Å². The van der Waals surface area contributed by atoms with E-state index in [2.05, 4.69) is 44.3 Å². The molecule has 0 saturated carbocycles. The van der Waals surface area contributed by atoms with Gasteiger partial charge in [-0.25, -0.2) is 0 Å². The highest BCUT2D eigenvalue weighted by molar-refractivity contribution is 5.96. The van der Waals surface area contributed by atoms with Gasteiger partial charge in [-0.05, 0) is 38.8 Å². The molecule has 3 N–H and O–H groups in total. The lowest BCUT2D eigenvalue weighted by Gasteiger charge is -2.22. The Hall–Kier alpha value is -1.39. The highest BCUT2D eigenvalue weighted by Crippen LogP contribution is 2.31. The van der Waals surface area contributed by atoms with Crippen molar-refractivity contribution in [3.8, 4) is 0 Å². The van der Waals surface area contributed by atoms with Crippen molar-refractivity contribution in [1.82, 2.24) is 0 Å². The SMILES string of the molecule is CC[NH+](CC)CCC[NH2+]CC(=O)N1c2ccccc2C[C@H]1C. The number of carbonyl (C=O) groups excluding carboxylic acids is 1. The minimum absolute atomic E-state index is 0.243. The van der Waals surface area contributed by atoms with E-state index in [1.165, 1.54) is 31.6 Å². The normalized spacial score (nSPS) is 17.1. The van der Waals surface area contributed by atoms with E-state index in [1.807, 2.05) is 11.0 Å². The maximum absolute atomic E-state index is 12.5. The van der Waals surface area contributed by atoms with Gasteiger partial charge in [-0.1, -0.05) is 18.2 Å². The molecule has 2 rings (SSSR count). The van der Waals surface area contributed by atoms with Crippen molar-refractivity contribution in [2.24, 2.45) is 0 Å². The van der Waals surface area contributed by atoms with E-state index in [1.54, 1.807) is 4.90 Å². The first-order valence-corrected chi connectivity index (χ1v) is 8.72. The van der Waals surface area contributed by atoms with Crippen molar-refractivity contribution in [1.29, 1.82) is 0 Å². The molecule has 0 bridgehead atoms. The van der Waals surface area contributed by atoms with Gasteiger partial charge in [0.05, 0.1) is 26.2 Å². The fourth-order valence-electron chi connectivity index (χ4n) is 3.37. The second-order valence-corrected chi connectivity index (χ2v) is 6.29. The molecule has 1 aromatic carbocycles. The summed E-state index contributed by atoms with van der Waals surface area (Å²) >= 11 is 0. The first kappa shape index (κ1) is 17.0. The Kier molecular flexibility index (Phi) is 6.40. The van der Waals surface area contributed by atoms with E-state index in [9.17, 15) is 4.79 Å². The zero-order chi connectivity index (χ0) is 15.9. The predicted molar refractivity (Wildman–Crippen MR) is 90.3 cm³/mol. The number of benzene rings is 1. The minimum atomic E-state index is 0.243. The summed E-state index contributed by atoms with van der Waals surface area (Å²) in [6.45, 7) is 11.8. The second-order valence-electron chi connectivity index (χ2n) is 6.29. The standard InChI is InChI=1S/C18H29N3O/c1-4-20(5-2)12-8-11-19-14-18(22)21-15(3)13-16-9-6-7-10-17(16)21/h6-7,9-10,15,19H,4-5,8,11-14H2,1-3H3/p+2/t15-/m1/s1. The first-order valence-electron chi connectivity index (χ1n) is 8.72. The third kappa shape index (κ3) is 4.08. The average Bonchev–Trinajstić information content (AvgIpc) is 2.86. The van der Waals surface area contributed by atoms with E-state index in [0.717, 1.165) is 18.7 Å². The molecule has 1 aromatic rings. The molecule has 0 aliphatic carbocycles. The second kappa shape index (κ2) is 8.30. The lowest BCUT2D eigenvalue weighted by Crippen LogP contribution is -3.11. The maximum atomic E-state index is 12.5. The van der Waals surface area contributed by atoms with Gasteiger partial charge in [-0.3, -0.25) is 4.79 Å². The number of para-hydroxylation sites is 1. The number of nitrogens with two attached hydrogens (primary N) is 1. The van der Waals surface area contributed by atoms with Gasteiger partial charge in [0.25, 0.3) is 5.91 Å². The number of carbonyl (C=O) groups is 1. The van der Waals surface area contributed by atoms with Crippen molar-refractivity contribution in [2.45, 2.75) is 39.7 Å². The van der Waals surface area contributed by atoms with E-state index < -0.39 is 0 Å². The van der Waals surface area contributed by atoms with Crippen LogP contribution in [0, 0.1) is 0 Å². The fraction of sp³-hybridized carbons (Fsp3) is 0.611. The number of hydrogen-bond acceptors (Lipinski definition) is 1. The number of rotatable bonds is 8. The molecule has 4 heteroatoms. The molecule has 4 nitrogen and oxygen atoms in total. The lowest BCUT2D eigenvalue weighted by molar-refractivity contribution is -0.898. The fourth-order valence-corrected chi connectivity index (χ4v) is 3.37. The number of fused-ring (bicyclic) bond motifs is 1. The largest absolute Gasteiger partial charge is 0.338 e. The Morgan fingerprint density at radius 1 is 1.32 bits per heavy atom. The van der Waals surface area contributed by atoms with Gasteiger partial charge in [0.2, 0.25) is 0 Å². The highest BCUT2D eigenvalue weighted by atomic mass is 16.2. The Balaban J connectivity index is 1.76. The molecule has 1 aliphatic heterocycles. The van der Waals surface area contributed by atoms with Gasteiger partial charge >= 0.3 is 0 Å². The monoisotopic (exact) mass is 305 g/mol. The molecule has 0 unspecified atom stereocenters. The summed E-state index contributed by atoms with van der Waals surface area (Å²) in [6, 6.07) is 8.57. The smallest absolute Gasteiger partial charge is 0.282 e. The Labute approximate surface area is 134 Å². The summed E-state index contributed by atoms with van der Waals surface area (Å²) < 4.78 is 0. The minimum Gasteiger partial charge on any atom is -0.338 e. The molecular weight excluding hydrogens is 274 g/mol. The van der Waals surface area contributed by atoms with Crippen LogP contribution >= 0.6 is 0 Å².